The second-order valence-corrected chi connectivity index (χ2v) is 12.0. The zero-order valence-electron chi connectivity index (χ0n) is 24.9. The summed E-state index contributed by atoms with van der Waals surface area (Å²) in [4.78, 5) is 20.7. The molecule has 5 rings (SSSR count). The number of thiazole rings is 1. The first kappa shape index (κ1) is 35.3. The number of hydrogen-bond donors (Lipinski definition) is 1. The molecule has 1 N–H and O–H groups in total. The number of alkyl halides is 9. The van der Waals surface area contributed by atoms with E-state index in [-0.39, 0.29) is 55.4 Å². The number of piperidine rings is 1. The van der Waals surface area contributed by atoms with Crippen LogP contribution < -0.4 is 15.2 Å². The van der Waals surface area contributed by atoms with Crippen LogP contribution in [-0.4, -0.2) is 52.1 Å². The summed E-state index contributed by atoms with van der Waals surface area (Å²) in [6, 6.07) is 8.26. The SMILES string of the molecule is CCC(Oc1ccc(-c2noc(=O)[nH]2)c(OCC(F)(F)F)c1)c1sc(-c2ccc(C(F)(F)F)cc2)nc1CN1CCC(C(F)(F)F)CC1. The minimum atomic E-state index is -4.70. The largest absolute Gasteiger partial charge is 0.485 e. The lowest BCUT2D eigenvalue weighted by atomic mass is 9.96. The molecule has 8 nitrogen and oxygen atoms in total. The van der Waals surface area contributed by atoms with E-state index in [0.717, 1.165) is 23.5 Å². The van der Waals surface area contributed by atoms with Crippen LogP contribution in [0.2, 0.25) is 0 Å². The molecule has 0 amide bonds. The highest BCUT2D eigenvalue weighted by atomic mass is 32.1. The second kappa shape index (κ2) is 13.8. The Morgan fingerprint density at radius 1 is 1.02 bits per heavy atom. The molecule has 1 unspecified atom stereocenters. The molecule has 0 bridgehead atoms. The molecule has 0 saturated carbocycles. The van der Waals surface area contributed by atoms with Crippen molar-refractivity contribution < 1.29 is 53.5 Å². The molecule has 18 heteroatoms. The number of aromatic nitrogens is 3. The van der Waals surface area contributed by atoms with Crippen LogP contribution in [0.4, 0.5) is 39.5 Å². The summed E-state index contributed by atoms with van der Waals surface area (Å²) in [7, 11) is 0. The maximum Gasteiger partial charge on any atom is 0.439 e. The van der Waals surface area contributed by atoms with E-state index in [1.807, 2.05) is 0 Å². The third-order valence-corrected chi connectivity index (χ3v) is 8.83. The highest BCUT2D eigenvalue weighted by molar-refractivity contribution is 7.15. The number of likely N-dealkylation sites (tertiary alicyclic amines) is 1. The number of nitrogens with one attached hydrogen (secondary N) is 1. The summed E-state index contributed by atoms with van der Waals surface area (Å²) in [5.74, 6) is -2.81. The van der Waals surface area contributed by atoms with Gasteiger partial charge in [0.1, 0.15) is 22.6 Å². The Morgan fingerprint density at radius 3 is 2.27 bits per heavy atom. The maximum atomic E-state index is 13.3. The predicted molar refractivity (Wildman–Crippen MR) is 154 cm³/mol. The molecule has 2 aromatic carbocycles. The molecule has 3 heterocycles. The van der Waals surface area contributed by atoms with Gasteiger partial charge in [0.05, 0.1) is 27.6 Å². The average Bonchev–Trinajstić information content (AvgIpc) is 3.64. The predicted octanol–water partition coefficient (Wildman–Crippen LogP) is 8.42. The molecule has 48 heavy (non-hydrogen) atoms. The third kappa shape index (κ3) is 8.69. The number of nitrogens with zero attached hydrogens (tertiary/aromatic N) is 3. The molecule has 0 spiro atoms. The van der Waals surface area contributed by atoms with Crippen molar-refractivity contribution in [2.24, 2.45) is 5.92 Å². The summed E-state index contributed by atoms with van der Waals surface area (Å²) in [6.07, 6.45) is -14.2. The van der Waals surface area contributed by atoms with Gasteiger partial charge in [-0.1, -0.05) is 24.2 Å². The Bertz CT molecular complexity index is 1740. The number of H-pyrrole nitrogens is 1. The number of ether oxygens (including phenoxy) is 2. The Labute approximate surface area is 270 Å². The van der Waals surface area contributed by atoms with Gasteiger partial charge in [-0.2, -0.15) is 39.5 Å². The molecule has 2 aromatic heterocycles. The van der Waals surface area contributed by atoms with Gasteiger partial charge in [-0.25, -0.2) is 9.78 Å². The van der Waals surface area contributed by atoms with Crippen molar-refractivity contribution in [3.05, 3.63) is 69.1 Å². The minimum Gasteiger partial charge on any atom is -0.485 e. The van der Waals surface area contributed by atoms with Gasteiger partial charge in [-0.3, -0.25) is 14.4 Å². The van der Waals surface area contributed by atoms with Crippen LogP contribution in [-0.2, 0) is 12.7 Å². The van der Waals surface area contributed by atoms with Crippen LogP contribution in [0.5, 0.6) is 11.5 Å². The molecular weight excluding hydrogens is 683 g/mol. The van der Waals surface area contributed by atoms with Crippen LogP contribution >= 0.6 is 11.3 Å². The summed E-state index contributed by atoms with van der Waals surface area (Å²) in [6.45, 7) is 0.509. The normalized spacial score (nSPS) is 15.9. The average molecular weight is 711 g/mol. The fourth-order valence-corrected chi connectivity index (χ4v) is 6.36. The molecule has 1 aliphatic heterocycles. The zero-order valence-corrected chi connectivity index (χ0v) is 25.7. The first-order valence-electron chi connectivity index (χ1n) is 14.5. The van der Waals surface area contributed by atoms with E-state index in [2.05, 4.69) is 19.6 Å². The van der Waals surface area contributed by atoms with Gasteiger partial charge in [0.15, 0.2) is 12.4 Å². The number of benzene rings is 2. The quantitative estimate of drug-likeness (QED) is 0.165. The standard InChI is InChI=1S/C30H27F9N4O4S/c1-2-22(46-19-7-8-20(25-41-27(44)47-42-25)23(13-19)45-15-28(31,32)33)24-21(14-43-11-9-18(10-12-43)30(37,38)39)40-26(48-24)16-3-5-17(6-4-16)29(34,35)36/h3-8,13,18,22H,2,9-12,14-15H2,1H3,(H,41,42,44). The van der Waals surface area contributed by atoms with Gasteiger partial charge in [0, 0.05) is 18.2 Å². The van der Waals surface area contributed by atoms with Crippen molar-refractivity contribution in [3.8, 4) is 33.5 Å². The molecule has 4 aromatic rings. The van der Waals surface area contributed by atoms with Gasteiger partial charge >= 0.3 is 24.3 Å². The van der Waals surface area contributed by atoms with E-state index >= 15 is 0 Å². The van der Waals surface area contributed by atoms with Crippen molar-refractivity contribution >= 4 is 11.3 Å². The van der Waals surface area contributed by atoms with Crippen LogP contribution in [0.15, 0.2) is 51.8 Å². The van der Waals surface area contributed by atoms with Crippen LogP contribution in [0, 0.1) is 5.92 Å². The first-order chi connectivity index (χ1) is 22.5. The lowest BCUT2D eigenvalue weighted by molar-refractivity contribution is -0.185. The van der Waals surface area contributed by atoms with Gasteiger partial charge in [-0.15, -0.1) is 11.3 Å². The van der Waals surface area contributed by atoms with Crippen LogP contribution in [0.25, 0.3) is 22.0 Å². The fourth-order valence-electron chi connectivity index (χ4n) is 5.17. The van der Waals surface area contributed by atoms with Gasteiger partial charge < -0.3 is 9.47 Å². The van der Waals surface area contributed by atoms with Crippen molar-refractivity contribution in [1.82, 2.24) is 20.0 Å². The van der Waals surface area contributed by atoms with E-state index in [1.54, 1.807) is 11.8 Å². The van der Waals surface area contributed by atoms with Gasteiger partial charge in [-0.05, 0) is 56.6 Å². The number of rotatable bonds is 10. The summed E-state index contributed by atoms with van der Waals surface area (Å²) in [5, 5.41) is 3.85. The van der Waals surface area contributed by atoms with Crippen molar-refractivity contribution in [2.45, 2.75) is 57.4 Å². The monoisotopic (exact) mass is 710 g/mol. The smallest absolute Gasteiger partial charge is 0.439 e. The second-order valence-electron chi connectivity index (χ2n) is 11.0. The molecule has 1 aliphatic rings. The molecule has 0 radical (unpaired) electrons. The Balaban J connectivity index is 1.46. The molecule has 1 atom stereocenters. The molecule has 0 aliphatic carbocycles. The zero-order chi connectivity index (χ0) is 34.9. The topological polar surface area (TPSA) is 93.5 Å². The van der Waals surface area contributed by atoms with Crippen LogP contribution in [0.3, 0.4) is 0 Å². The summed E-state index contributed by atoms with van der Waals surface area (Å²) in [5.41, 5.74) is -0.0551. The maximum absolute atomic E-state index is 13.3. The number of halogens is 9. The summed E-state index contributed by atoms with van der Waals surface area (Å²) >= 11 is 1.13. The van der Waals surface area contributed by atoms with Gasteiger partial charge in [0.2, 0.25) is 0 Å². The lowest BCUT2D eigenvalue weighted by Gasteiger charge is -2.32. The van der Waals surface area contributed by atoms with Crippen molar-refractivity contribution in [2.75, 3.05) is 19.7 Å². The molecule has 1 fully saturated rings. The highest BCUT2D eigenvalue weighted by Crippen LogP contribution is 2.41. The molecule has 1 saturated heterocycles. The van der Waals surface area contributed by atoms with E-state index in [0.29, 0.717) is 27.6 Å². The van der Waals surface area contributed by atoms with E-state index < -0.39 is 48.5 Å². The van der Waals surface area contributed by atoms with E-state index in [4.69, 9.17) is 9.47 Å². The number of aromatic amines is 1. The van der Waals surface area contributed by atoms with Crippen molar-refractivity contribution in [3.63, 3.8) is 0 Å². The Kier molecular flexibility index (Phi) is 10.1. The summed E-state index contributed by atoms with van der Waals surface area (Å²) < 4.78 is 134. The molecular formula is C30H27F9N4O4S. The van der Waals surface area contributed by atoms with E-state index in [9.17, 15) is 44.3 Å². The highest BCUT2D eigenvalue weighted by Gasteiger charge is 2.41. The molecule has 260 valence electrons. The Hall–Kier alpha value is -4.06. The first-order valence-corrected chi connectivity index (χ1v) is 15.3. The Morgan fingerprint density at radius 2 is 1.71 bits per heavy atom. The lowest BCUT2D eigenvalue weighted by Crippen LogP contribution is -2.38. The van der Waals surface area contributed by atoms with Crippen molar-refractivity contribution in [1.29, 1.82) is 0 Å². The third-order valence-electron chi connectivity index (χ3n) is 7.59. The fraction of sp³-hybridized carbons (Fsp3) is 0.433. The minimum absolute atomic E-state index is 0.0178. The van der Waals surface area contributed by atoms with Gasteiger partial charge in [0.25, 0.3) is 0 Å². The van der Waals surface area contributed by atoms with E-state index in [1.165, 1.54) is 30.3 Å². The number of hydrogen-bond acceptors (Lipinski definition) is 8. The van der Waals surface area contributed by atoms with Crippen LogP contribution in [0.1, 0.15) is 48.4 Å².